The Morgan fingerprint density at radius 2 is 1.64 bits per heavy atom. The van der Waals surface area contributed by atoms with E-state index in [0.717, 1.165) is 24.2 Å². The first kappa shape index (κ1) is 20.2. The summed E-state index contributed by atoms with van der Waals surface area (Å²) >= 11 is 0. The van der Waals surface area contributed by atoms with Gasteiger partial charge in [-0.3, -0.25) is 10.4 Å². The molecule has 0 saturated carbocycles. The summed E-state index contributed by atoms with van der Waals surface area (Å²) in [4.78, 5) is 4.39. The van der Waals surface area contributed by atoms with Crippen molar-refractivity contribution < 1.29 is 5.11 Å². The molecule has 146 valence electrons. The standard InChI is InChI=1S/C24H29N3O/c1-19(16-20-8-4-3-5-9-20)24(28)18-27(25-2)17-21-11-13-22(14-12-21)23-10-6-7-15-26-23/h3-15,19,24-25,28H,16-18H2,1-2H3/t19?,24-/m0/s1. The number of benzene rings is 2. The maximum absolute atomic E-state index is 10.7. The van der Waals surface area contributed by atoms with E-state index in [1.54, 1.807) is 0 Å². The minimum atomic E-state index is -0.402. The molecule has 28 heavy (non-hydrogen) atoms. The molecule has 2 N–H and O–H groups in total. The van der Waals surface area contributed by atoms with E-state index in [1.165, 1.54) is 11.1 Å². The Hall–Kier alpha value is -2.53. The Morgan fingerprint density at radius 3 is 2.29 bits per heavy atom. The van der Waals surface area contributed by atoms with Gasteiger partial charge in [-0.2, -0.15) is 0 Å². The van der Waals surface area contributed by atoms with Gasteiger partial charge in [0.15, 0.2) is 0 Å². The molecule has 1 heterocycles. The predicted octanol–water partition coefficient (Wildman–Crippen LogP) is 3.92. The van der Waals surface area contributed by atoms with E-state index in [-0.39, 0.29) is 5.92 Å². The molecule has 1 unspecified atom stereocenters. The van der Waals surface area contributed by atoms with Crippen LogP contribution >= 0.6 is 0 Å². The Bertz CT molecular complexity index is 821. The Labute approximate surface area is 167 Å². The van der Waals surface area contributed by atoms with Gasteiger partial charge in [-0.25, -0.2) is 5.01 Å². The number of pyridine rings is 1. The lowest BCUT2D eigenvalue weighted by Gasteiger charge is -2.27. The van der Waals surface area contributed by atoms with Crippen molar-refractivity contribution in [2.75, 3.05) is 13.6 Å². The summed E-state index contributed by atoms with van der Waals surface area (Å²) in [6, 6.07) is 24.7. The van der Waals surface area contributed by atoms with Gasteiger partial charge in [-0.15, -0.1) is 0 Å². The predicted molar refractivity (Wildman–Crippen MR) is 114 cm³/mol. The van der Waals surface area contributed by atoms with Crippen LogP contribution in [-0.2, 0) is 13.0 Å². The van der Waals surface area contributed by atoms with E-state index in [0.29, 0.717) is 6.54 Å². The molecule has 2 aromatic carbocycles. The average Bonchev–Trinajstić information content (AvgIpc) is 2.75. The first-order chi connectivity index (χ1) is 13.7. The molecule has 4 nitrogen and oxygen atoms in total. The fourth-order valence-electron chi connectivity index (χ4n) is 3.30. The lowest BCUT2D eigenvalue weighted by atomic mass is 9.95. The largest absolute Gasteiger partial charge is 0.391 e. The second-order valence-electron chi connectivity index (χ2n) is 7.25. The number of hydrogen-bond donors (Lipinski definition) is 2. The van der Waals surface area contributed by atoms with Crippen LogP contribution in [-0.4, -0.2) is 34.8 Å². The molecule has 0 amide bonds. The molecule has 3 aromatic rings. The Kier molecular flexibility index (Phi) is 7.31. The van der Waals surface area contributed by atoms with Crippen LogP contribution in [0.4, 0.5) is 0 Å². The van der Waals surface area contributed by atoms with Crippen LogP contribution in [0.5, 0.6) is 0 Å². The molecule has 4 heteroatoms. The summed E-state index contributed by atoms with van der Waals surface area (Å²) in [5, 5.41) is 12.7. The van der Waals surface area contributed by atoms with Gasteiger partial charge in [0.05, 0.1) is 11.8 Å². The highest BCUT2D eigenvalue weighted by atomic mass is 16.3. The van der Waals surface area contributed by atoms with Gasteiger partial charge in [-0.1, -0.05) is 67.6 Å². The highest BCUT2D eigenvalue weighted by Crippen LogP contribution is 2.18. The van der Waals surface area contributed by atoms with Crippen LogP contribution in [0.25, 0.3) is 11.3 Å². The Morgan fingerprint density at radius 1 is 0.929 bits per heavy atom. The SMILES string of the molecule is CNN(Cc1ccc(-c2ccccn2)cc1)C[C@H](O)C(C)Cc1ccccc1. The zero-order chi connectivity index (χ0) is 19.8. The molecule has 0 aliphatic carbocycles. The number of hydrogen-bond acceptors (Lipinski definition) is 4. The van der Waals surface area contributed by atoms with E-state index < -0.39 is 6.10 Å². The van der Waals surface area contributed by atoms with Crippen molar-refractivity contribution in [1.29, 1.82) is 0 Å². The molecule has 0 saturated heterocycles. The van der Waals surface area contributed by atoms with Crippen LogP contribution in [0.1, 0.15) is 18.1 Å². The van der Waals surface area contributed by atoms with Crippen LogP contribution in [0.3, 0.4) is 0 Å². The third-order valence-corrected chi connectivity index (χ3v) is 5.07. The molecule has 0 bridgehead atoms. The number of rotatable bonds is 9. The summed E-state index contributed by atoms with van der Waals surface area (Å²) in [6.45, 7) is 3.41. The van der Waals surface area contributed by atoms with Crippen LogP contribution in [0.15, 0.2) is 79.0 Å². The lowest BCUT2D eigenvalue weighted by molar-refractivity contribution is 0.0485. The van der Waals surface area contributed by atoms with E-state index in [9.17, 15) is 5.11 Å². The molecule has 0 spiro atoms. The van der Waals surface area contributed by atoms with Gasteiger partial charge >= 0.3 is 0 Å². The van der Waals surface area contributed by atoms with E-state index in [2.05, 4.69) is 58.7 Å². The maximum atomic E-state index is 10.7. The highest BCUT2D eigenvalue weighted by Gasteiger charge is 2.18. The number of nitrogens with zero attached hydrogens (tertiary/aromatic N) is 2. The minimum absolute atomic E-state index is 0.185. The van der Waals surface area contributed by atoms with E-state index in [4.69, 9.17) is 0 Å². The van der Waals surface area contributed by atoms with Crippen LogP contribution < -0.4 is 5.43 Å². The Balaban J connectivity index is 1.56. The first-order valence-electron chi connectivity index (χ1n) is 9.80. The van der Waals surface area contributed by atoms with E-state index >= 15 is 0 Å². The molecule has 3 rings (SSSR count). The van der Waals surface area contributed by atoms with Crippen molar-refractivity contribution in [3.05, 3.63) is 90.1 Å². The van der Waals surface area contributed by atoms with Gasteiger partial charge in [-0.05, 0) is 42.6 Å². The summed E-state index contributed by atoms with van der Waals surface area (Å²) < 4.78 is 0. The molecule has 0 aliphatic heterocycles. The van der Waals surface area contributed by atoms with Crippen LogP contribution in [0, 0.1) is 5.92 Å². The summed E-state index contributed by atoms with van der Waals surface area (Å²) in [6.07, 6.45) is 2.28. The molecule has 2 atom stereocenters. The summed E-state index contributed by atoms with van der Waals surface area (Å²) in [5.41, 5.74) is 7.74. The smallest absolute Gasteiger partial charge is 0.0709 e. The van der Waals surface area contributed by atoms with Crippen molar-refractivity contribution in [2.24, 2.45) is 5.92 Å². The average molecular weight is 376 g/mol. The number of nitrogens with one attached hydrogen (secondary N) is 1. The normalized spacial score (nSPS) is 13.4. The maximum Gasteiger partial charge on any atom is 0.0709 e. The number of hydrazine groups is 1. The van der Waals surface area contributed by atoms with Crippen LogP contribution in [0.2, 0.25) is 0 Å². The minimum Gasteiger partial charge on any atom is -0.391 e. The summed E-state index contributed by atoms with van der Waals surface area (Å²) in [7, 11) is 1.90. The topological polar surface area (TPSA) is 48.4 Å². The van der Waals surface area contributed by atoms with Gasteiger partial charge in [0, 0.05) is 24.8 Å². The second-order valence-corrected chi connectivity index (χ2v) is 7.25. The van der Waals surface area contributed by atoms with Gasteiger partial charge in [0.2, 0.25) is 0 Å². The van der Waals surface area contributed by atoms with Gasteiger partial charge in [0.25, 0.3) is 0 Å². The third kappa shape index (κ3) is 5.73. The number of aliphatic hydroxyl groups is 1. The summed E-state index contributed by atoms with van der Waals surface area (Å²) in [5.74, 6) is 0.185. The fraction of sp³-hybridized carbons (Fsp3) is 0.292. The third-order valence-electron chi connectivity index (χ3n) is 5.07. The lowest BCUT2D eigenvalue weighted by Crippen LogP contribution is -2.42. The van der Waals surface area contributed by atoms with Gasteiger partial charge < -0.3 is 5.11 Å². The number of aliphatic hydroxyl groups excluding tert-OH is 1. The second kappa shape index (κ2) is 10.1. The molecule has 0 fully saturated rings. The zero-order valence-electron chi connectivity index (χ0n) is 16.6. The molecular weight excluding hydrogens is 346 g/mol. The first-order valence-corrected chi connectivity index (χ1v) is 9.80. The molecule has 1 aromatic heterocycles. The van der Waals surface area contributed by atoms with Crippen molar-refractivity contribution >= 4 is 0 Å². The van der Waals surface area contributed by atoms with E-state index in [1.807, 2.05) is 49.6 Å². The molecule has 0 radical (unpaired) electrons. The zero-order valence-corrected chi connectivity index (χ0v) is 16.6. The quantitative estimate of drug-likeness (QED) is 0.557. The molecule has 0 aliphatic rings. The van der Waals surface area contributed by atoms with Crippen molar-refractivity contribution in [3.63, 3.8) is 0 Å². The van der Waals surface area contributed by atoms with Gasteiger partial charge in [0.1, 0.15) is 0 Å². The fourth-order valence-corrected chi connectivity index (χ4v) is 3.30. The monoisotopic (exact) mass is 375 g/mol. The van der Waals surface area contributed by atoms with Crippen molar-refractivity contribution in [1.82, 2.24) is 15.4 Å². The number of aromatic nitrogens is 1. The molecular formula is C24H29N3O. The van der Waals surface area contributed by atoms with Crippen molar-refractivity contribution in [2.45, 2.75) is 26.0 Å². The highest BCUT2D eigenvalue weighted by molar-refractivity contribution is 5.58. The van der Waals surface area contributed by atoms with Crippen molar-refractivity contribution in [3.8, 4) is 11.3 Å².